The molecule has 0 spiro atoms. The van der Waals surface area contributed by atoms with Gasteiger partial charge in [-0.1, -0.05) is 19.1 Å². The Morgan fingerprint density at radius 1 is 1.45 bits per heavy atom. The second kappa shape index (κ2) is 6.60. The van der Waals surface area contributed by atoms with Crippen LogP contribution in [0.25, 0.3) is 5.82 Å². The molecular weight excluding hydrogens is 254 g/mol. The maximum atomic E-state index is 11.7. The topological polar surface area (TPSA) is 72.7 Å². The molecular formula is C14H17N5O. The van der Waals surface area contributed by atoms with Crippen LogP contribution in [0.1, 0.15) is 25.8 Å². The van der Waals surface area contributed by atoms with Crippen LogP contribution in [0.3, 0.4) is 0 Å². The van der Waals surface area contributed by atoms with E-state index in [0.717, 1.165) is 17.6 Å². The fourth-order valence-electron chi connectivity index (χ4n) is 1.70. The molecule has 2 heterocycles. The summed E-state index contributed by atoms with van der Waals surface area (Å²) in [6, 6.07) is 3.74. The third-order valence-electron chi connectivity index (χ3n) is 2.78. The van der Waals surface area contributed by atoms with Crippen LogP contribution in [0.5, 0.6) is 0 Å². The fourth-order valence-corrected chi connectivity index (χ4v) is 1.70. The number of pyridine rings is 1. The minimum absolute atomic E-state index is 0.0489. The van der Waals surface area contributed by atoms with Crippen molar-refractivity contribution in [3.8, 4) is 5.82 Å². The lowest BCUT2D eigenvalue weighted by Crippen LogP contribution is -2.23. The maximum Gasteiger partial charge on any atom is 0.246 e. The van der Waals surface area contributed by atoms with Crippen LogP contribution in [-0.4, -0.2) is 25.7 Å². The van der Waals surface area contributed by atoms with Gasteiger partial charge < -0.3 is 5.32 Å². The van der Waals surface area contributed by atoms with E-state index >= 15 is 0 Å². The molecule has 0 saturated heterocycles. The van der Waals surface area contributed by atoms with Crippen LogP contribution in [-0.2, 0) is 11.3 Å². The Kier molecular flexibility index (Phi) is 4.60. The lowest BCUT2D eigenvalue weighted by Gasteiger charge is -2.06. The predicted octanol–water partition coefficient (Wildman–Crippen LogP) is 1.63. The first-order chi connectivity index (χ1) is 9.70. The number of nitrogens with one attached hydrogen (secondary N) is 1. The Bertz CT molecular complexity index is 587. The molecule has 6 heteroatoms. The average Bonchev–Trinajstić information content (AvgIpc) is 2.99. The van der Waals surface area contributed by atoms with Gasteiger partial charge in [0.2, 0.25) is 5.91 Å². The van der Waals surface area contributed by atoms with Crippen molar-refractivity contribution < 1.29 is 4.79 Å². The number of carbonyl (C=O) groups is 1. The standard InChI is InChI=1S/C14H17N5O/c1-3-4-11(2)14(20)17-8-12-5-6-13(16-7-12)19-10-15-9-18-19/h4-7,9-10H,3,8H2,1-2H3,(H,17,20)/b11-4-. The zero-order valence-corrected chi connectivity index (χ0v) is 11.6. The first-order valence-electron chi connectivity index (χ1n) is 6.45. The van der Waals surface area contributed by atoms with Crippen molar-refractivity contribution in [2.75, 3.05) is 0 Å². The van der Waals surface area contributed by atoms with E-state index in [0.29, 0.717) is 12.4 Å². The van der Waals surface area contributed by atoms with Crippen molar-refractivity contribution in [1.29, 1.82) is 0 Å². The lowest BCUT2D eigenvalue weighted by atomic mass is 10.2. The molecule has 0 aromatic carbocycles. The number of amides is 1. The van der Waals surface area contributed by atoms with E-state index in [9.17, 15) is 4.79 Å². The van der Waals surface area contributed by atoms with E-state index in [1.54, 1.807) is 17.2 Å². The first kappa shape index (κ1) is 13.9. The predicted molar refractivity (Wildman–Crippen MR) is 75.0 cm³/mol. The third-order valence-corrected chi connectivity index (χ3v) is 2.78. The number of nitrogens with zero attached hydrogens (tertiary/aromatic N) is 4. The van der Waals surface area contributed by atoms with Crippen LogP contribution < -0.4 is 5.32 Å². The third kappa shape index (κ3) is 3.50. The second-order valence-corrected chi connectivity index (χ2v) is 4.34. The molecule has 0 aliphatic rings. The van der Waals surface area contributed by atoms with Gasteiger partial charge in [0.05, 0.1) is 0 Å². The second-order valence-electron chi connectivity index (χ2n) is 4.34. The van der Waals surface area contributed by atoms with Crippen LogP contribution in [0, 0.1) is 0 Å². The van der Waals surface area contributed by atoms with Crippen molar-refractivity contribution in [2.45, 2.75) is 26.8 Å². The Labute approximate surface area is 117 Å². The quantitative estimate of drug-likeness (QED) is 0.839. The van der Waals surface area contributed by atoms with Gasteiger partial charge >= 0.3 is 0 Å². The normalized spacial score (nSPS) is 11.4. The molecule has 0 saturated carbocycles. The van der Waals surface area contributed by atoms with Gasteiger partial charge in [0.1, 0.15) is 12.7 Å². The van der Waals surface area contributed by atoms with Gasteiger partial charge in [0.15, 0.2) is 5.82 Å². The molecule has 0 bridgehead atoms. The highest BCUT2D eigenvalue weighted by molar-refractivity contribution is 5.92. The highest BCUT2D eigenvalue weighted by Crippen LogP contribution is 2.04. The van der Waals surface area contributed by atoms with Gasteiger partial charge in [-0.25, -0.2) is 14.6 Å². The van der Waals surface area contributed by atoms with Crippen molar-refractivity contribution in [2.24, 2.45) is 0 Å². The van der Waals surface area contributed by atoms with E-state index in [1.807, 2.05) is 32.1 Å². The summed E-state index contributed by atoms with van der Waals surface area (Å²) in [5.74, 6) is 0.645. The van der Waals surface area contributed by atoms with E-state index in [4.69, 9.17) is 0 Å². The average molecular weight is 271 g/mol. The summed E-state index contributed by atoms with van der Waals surface area (Å²) >= 11 is 0. The summed E-state index contributed by atoms with van der Waals surface area (Å²) in [6.07, 6.45) is 7.52. The Balaban J connectivity index is 1.95. The van der Waals surface area contributed by atoms with E-state index in [2.05, 4.69) is 20.4 Å². The van der Waals surface area contributed by atoms with E-state index < -0.39 is 0 Å². The minimum Gasteiger partial charge on any atom is -0.348 e. The zero-order chi connectivity index (χ0) is 14.4. The molecule has 20 heavy (non-hydrogen) atoms. The van der Waals surface area contributed by atoms with Crippen LogP contribution in [0.2, 0.25) is 0 Å². The Hall–Kier alpha value is -2.50. The minimum atomic E-state index is -0.0489. The molecule has 0 fully saturated rings. The van der Waals surface area contributed by atoms with Crippen molar-refractivity contribution in [3.05, 3.63) is 48.2 Å². The van der Waals surface area contributed by atoms with Gasteiger partial charge in [-0.05, 0) is 25.0 Å². The summed E-state index contributed by atoms with van der Waals surface area (Å²) in [6.45, 7) is 4.27. The molecule has 0 unspecified atom stereocenters. The molecule has 1 N–H and O–H groups in total. The van der Waals surface area contributed by atoms with E-state index in [-0.39, 0.29) is 5.91 Å². The number of carbonyl (C=O) groups excluding carboxylic acids is 1. The summed E-state index contributed by atoms with van der Waals surface area (Å²) in [4.78, 5) is 19.9. The Morgan fingerprint density at radius 2 is 2.30 bits per heavy atom. The maximum absolute atomic E-state index is 11.7. The monoisotopic (exact) mass is 271 g/mol. The molecule has 0 aliphatic heterocycles. The number of rotatable bonds is 5. The molecule has 2 aromatic rings. The van der Waals surface area contributed by atoms with Crippen molar-refractivity contribution in [3.63, 3.8) is 0 Å². The summed E-state index contributed by atoms with van der Waals surface area (Å²) in [5, 5.41) is 6.86. The molecule has 0 radical (unpaired) electrons. The lowest BCUT2D eigenvalue weighted by molar-refractivity contribution is -0.117. The van der Waals surface area contributed by atoms with Crippen LogP contribution >= 0.6 is 0 Å². The number of hydrogen-bond acceptors (Lipinski definition) is 4. The molecule has 0 atom stereocenters. The highest BCUT2D eigenvalue weighted by atomic mass is 16.1. The van der Waals surface area contributed by atoms with Gasteiger partial charge in [-0.15, -0.1) is 0 Å². The molecule has 0 aliphatic carbocycles. The number of hydrogen-bond donors (Lipinski definition) is 1. The van der Waals surface area contributed by atoms with Crippen LogP contribution in [0.4, 0.5) is 0 Å². The summed E-state index contributed by atoms with van der Waals surface area (Å²) in [5.41, 5.74) is 1.67. The SMILES string of the molecule is CC/C=C(/C)C(=O)NCc1ccc(-n2cncn2)nc1. The fraction of sp³-hybridized carbons (Fsp3) is 0.286. The number of allylic oxidation sites excluding steroid dienone is 1. The van der Waals surface area contributed by atoms with Gasteiger partial charge in [0.25, 0.3) is 0 Å². The van der Waals surface area contributed by atoms with Gasteiger partial charge in [-0.2, -0.15) is 5.10 Å². The van der Waals surface area contributed by atoms with Crippen molar-refractivity contribution in [1.82, 2.24) is 25.1 Å². The first-order valence-corrected chi connectivity index (χ1v) is 6.45. The van der Waals surface area contributed by atoms with Crippen LogP contribution in [0.15, 0.2) is 42.6 Å². The summed E-state index contributed by atoms with van der Waals surface area (Å²) in [7, 11) is 0. The zero-order valence-electron chi connectivity index (χ0n) is 11.6. The molecule has 1 amide bonds. The van der Waals surface area contributed by atoms with Gasteiger partial charge in [-0.3, -0.25) is 4.79 Å². The van der Waals surface area contributed by atoms with Crippen molar-refractivity contribution >= 4 is 5.91 Å². The molecule has 2 rings (SSSR count). The molecule has 2 aromatic heterocycles. The van der Waals surface area contributed by atoms with Gasteiger partial charge in [0, 0.05) is 18.3 Å². The Morgan fingerprint density at radius 3 is 2.90 bits per heavy atom. The molecule has 6 nitrogen and oxygen atoms in total. The molecule has 104 valence electrons. The highest BCUT2D eigenvalue weighted by Gasteiger charge is 2.04. The largest absolute Gasteiger partial charge is 0.348 e. The van der Waals surface area contributed by atoms with E-state index in [1.165, 1.54) is 6.33 Å². The smallest absolute Gasteiger partial charge is 0.246 e. The number of aromatic nitrogens is 4. The summed E-state index contributed by atoms with van der Waals surface area (Å²) < 4.78 is 1.58.